The Kier molecular flexibility index (Phi) is 4.44. The van der Waals surface area contributed by atoms with Gasteiger partial charge in [0.15, 0.2) is 0 Å². The van der Waals surface area contributed by atoms with E-state index in [4.69, 9.17) is 0 Å². The summed E-state index contributed by atoms with van der Waals surface area (Å²) in [6.07, 6.45) is -4.50. The van der Waals surface area contributed by atoms with Crippen molar-refractivity contribution in [2.75, 3.05) is 0 Å². The molecule has 0 bridgehead atoms. The molecule has 0 fully saturated rings. The molecular weight excluding hydrogens is 381 g/mol. The molecule has 4 rings (SSSR count). The summed E-state index contributed by atoms with van der Waals surface area (Å²) in [5.41, 5.74) is 2.38. The molecule has 150 valence electrons. The number of carbonyl (C=O) groups excluding carboxylic acids is 1. The molecule has 1 aliphatic heterocycles. The van der Waals surface area contributed by atoms with Crippen molar-refractivity contribution >= 4 is 5.91 Å². The number of para-hydroxylation sites is 1. The van der Waals surface area contributed by atoms with E-state index < -0.39 is 11.7 Å². The molecule has 0 unspecified atom stereocenters. The Hall–Kier alpha value is -3.16. The van der Waals surface area contributed by atoms with E-state index in [1.54, 1.807) is 24.0 Å². The van der Waals surface area contributed by atoms with Gasteiger partial charge in [0.2, 0.25) is 0 Å². The lowest BCUT2D eigenvalue weighted by Gasteiger charge is -2.19. The fraction of sp³-hybridized carbons (Fsp3) is 0.286. The van der Waals surface area contributed by atoms with E-state index in [1.165, 1.54) is 22.9 Å². The van der Waals surface area contributed by atoms with Gasteiger partial charge in [0.05, 0.1) is 16.9 Å². The topological polar surface area (TPSA) is 51.0 Å². The van der Waals surface area contributed by atoms with Gasteiger partial charge in [-0.1, -0.05) is 23.4 Å². The molecule has 3 aromatic rings. The first-order valence-electron chi connectivity index (χ1n) is 9.21. The third kappa shape index (κ3) is 3.18. The van der Waals surface area contributed by atoms with Gasteiger partial charge >= 0.3 is 6.18 Å². The maximum atomic E-state index is 13.4. The third-order valence-corrected chi connectivity index (χ3v) is 5.17. The minimum Gasteiger partial charge on any atom is -0.332 e. The highest BCUT2D eigenvalue weighted by molar-refractivity contribution is 5.99. The van der Waals surface area contributed by atoms with Crippen molar-refractivity contribution in [3.8, 4) is 16.9 Å². The van der Waals surface area contributed by atoms with Gasteiger partial charge in [-0.3, -0.25) is 4.79 Å². The predicted molar refractivity (Wildman–Crippen MR) is 102 cm³/mol. The molecule has 1 aromatic heterocycles. The van der Waals surface area contributed by atoms with Gasteiger partial charge in [-0.05, 0) is 50.6 Å². The zero-order valence-electron chi connectivity index (χ0n) is 16.2. The minimum atomic E-state index is -4.50. The van der Waals surface area contributed by atoms with Crippen molar-refractivity contribution in [1.82, 2.24) is 19.9 Å². The number of carbonyl (C=O) groups is 1. The summed E-state index contributed by atoms with van der Waals surface area (Å²) in [5, 5.41) is 8.11. The summed E-state index contributed by atoms with van der Waals surface area (Å²) in [5.74, 6) is -0.0129. The molecule has 8 heteroatoms. The zero-order chi connectivity index (χ0) is 20.9. The number of hydrogen-bond donors (Lipinski definition) is 0. The van der Waals surface area contributed by atoms with E-state index in [0.29, 0.717) is 23.5 Å². The number of hydrogen-bond acceptors (Lipinski definition) is 3. The number of amides is 1. The zero-order valence-corrected chi connectivity index (χ0v) is 16.2. The number of alkyl halides is 3. The van der Waals surface area contributed by atoms with Crippen LogP contribution in [0.15, 0.2) is 42.5 Å². The standard InChI is InChI=1S/C21H19F3N4O/c1-12(2)27-11-15-10-14(8-9-16(15)20(27)29)19-13(3)28(26-25-19)18-7-5-4-6-17(18)21(22,23)24/h4-10,12H,11H2,1-3H3. The molecular formula is C21H19F3N4O. The lowest BCUT2D eigenvalue weighted by atomic mass is 10.0. The summed E-state index contributed by atoms with van der Waals surface area (Å²) in [6, 6.07) is 10.7. The largest absolute Gasteiger partial charge is 0.418 e. The van der Waals surface area contributed by atoms with Gasteiger partial charge in [-0.2, -0.15) is 13.2 Å². The highest BCUT2D eigenvalue weighted by Gasteiger charge is 2.35. The van der Waals surface area contributed by atoms with Crippen LogP contribution in [0.4, 0.5) is 13.2 Å². The van der Waals surface area contributed by atoms with Crippen molar-refractivity contribution in [1.29, 1.82) is 0 Å². The third-order valence-electron chi connectivity index (χ3n) is 5.17. The normalized spacial score (nSPS) is 14.0. The van der Waals surface area contributed by atoms with Crippen LogP contribution in [0, 0.1) is 6.92 Å². The lowest BCUT2D eigenvalue weighted by Crippen LogP contribution is -2.30. The van der Waals surface area contributed by atoms with Crippen molar-refractivity contribution < 1.29 is 18.0 Å². The Labute approximate surface area is 165 Å². The number of rotatable bonds is 3. The van der Waals surface area contributed by atoms with Crippen LogP contribution in [0.3, 0.4) is 0 Å². The second-order valence-corrected chi connectivity index (χ2v) is 7.35. The van der Waals surface area contributed by atoms with Gasteiger partial charge in [0.1, 0.15) is 5.69 Å². The Morgan fingerprint density at radius 3 is 2.52 bits per heavy atom. The summed E-state index contributed by atoms with van der Waals surface area (Å²) < 4.78 is 41.4. The number of nitrogens with zero attached hydrogens (tertiary/aromatic N) is 4. The molecule has 1 amide bonds. The van der Waals surface area contributed by atoms with Crippen molar-refractivity contribution in [3.63, 3.8) is 0 Å². The van der Waals surface area contributed by atoms with E-state index in [1.807, 2.05) is 19.9 Å². The van der Waals surface area contributed by atoms with E-state index in [0.717, 1.165) is 17.2 Å². The number of halogens is 3. The Balaban J connectivity index is 1.76. The first-order valence-corrected chi connectivity index (χ1v) is 9.21. The van der Waals surface area contributed by atoms with Gasteiger partial charge < -0.3 is 4.90 Å². The molecule has 5 nitrogen and oxygen atoms in total. The van der Waals surface area contributed by atoms with E-state index in [9.17, 15) is 18.0 Å². The molecule has 0 spiro atoms. The van der Waals surface area contributed by atoms with Crippen LogP contribution in [0.2, 0.25) is 0 Å². The summed E-state index contributed by atoms with van der Waals surface area (Å²) >= 11 is 0. The smallest absolute Gasteiger partial charge is 0.332 e. The van der Waals surface area contributed by atoms with E-state index in [-0.39, 0.29) is 17.6 Å². The first-order chi connectivity index (χ1) is 13.7. The van der Waals surface area contributed by atoms with Crippen LogP contribution >= 0.6 is 0 Å². The predicted octanol–water partition coefficient (Wildman–Crippen LogP) is 4.63. The van der Waals surface area contributed by atoms with Gasteiger partial charge in [-0.15, -0.1) is 5.10 Å². The minimum absolute atomic E-state index is 0.0129. The number of benzene rings is 2. The fourth-order valence-electron chi connectivity index (χ4n) is 3.63. The molecule has 2 heterocycles. The molecule has 0 N–H and O–H groups in total. The summed E-state index contributed by atoms with van der Waals surface area (Å²) in [6.45, 7) is 6.10. The summed E-state index contributed by atoms with van der Waals surface area (Å²) in [4.78, 5) is 14.2. The molecule has 0 radical (unpaired) electrons. The second kappa shape index (κ2) is 6.72. The summed E-state index contributed by atoms with van der Waals surface area (Å²) in [7, 11) is 0. The Morgan fingerprint density at radius 1 is 1.10 bits per heavy atom. The second-order valence-electron chi connectivity index (χ2n) is 7.35. The lowest BCUT2D eigenvalue weighted by molar-refractivity contribution is -0.137. The number of aromatic nitrogens is 3. The van der Waals surface area contributed by atoms with Crippen LogP contribution < -0.4 is 0 Å². The van der Waals surface area contributed by atoms with Crippen molar-refractivity contribution in [3.05, 3.63) is 64.8 Å². The van der Waals surface area contributed by atoms with Gasteiger partial charge in [0, 0.05) is 23.7 Å². The molecule has 0 saturated carbocycles. The average molecular weight is 400 g/mol. The maximum absolute atomic E-state index is 13.4. The Morgan fingerprint density at radius 2 is 1.83 bits per heavy atom. The van der Waals surface area contributed by atoms with Crippen LogP contribution in [-0.2, 0) is 12.7 Å². The molecule has 0 atom stereocenters. The van der Waals surface area contributed by atoms with Crippen LogP contribution in [0.5, 0.6) is 0 Å². The van der Waals surface area contributed by atoms with Crippen molar-refractivity contribution in [2.24, 2.45) is 0 Å². The number of fused-ring (bicyclic) bond motifs is 1. The molecule has 0 saturated heterocycles. The molecule has 1 aliphatic rings. The molecule has 0 aliphatic carbocycles. The van der Waals surface area contributed by atoms with Crippen LogP contribution in [-0.4, -0.2) is 31.8 Å². The quantitative estimate of drug-likeness (QED) is 0.644. The average Bonchev–Trinajstić information content (AvgIpc) is 3.21. The van der Waals surface area contributed by atoms with Gasteiger partial charge in [0.25, 0.3) is 5.91 Å². The first kappa shape index (κ1) is 19.2. The van der Waals surface area contributed by atoms with E-state index >= 15 is 0 Å². The monoisotopic (exact) mass is 400 g/mol. The highest BCUT2D eigenvalue weighted by atomic mass is 19.4. The van der Waals surface area contributed by atoms with Crippen LogP contribution in [0.1, 0.15) is 41.0 Å². The maximum Gasteiger partial charge on any atom is 0.418 e. The Bertz CT molecular complexity index is 1100. The SMILES string of the molecule is Cc1c(-c2ccc3c(c2)CN(C(C)C)C3=O)nnn1-c1ccccc1C(F)(F)F. The van der Waals surface area contributed by atoms with Crippen molar-refractivity contribution in [2.45, 2.75) is 39.5 Å². The molecule has 2 aromatic carbocycles. The van der Waals surface area contributed by atoms with Gasteiger partial charge in [-0.25, -0.2) is 4.68 Å². The van der Waals surface area contributed by atoms with E-state index in [2.05, 4.69) is 10.3 Å². The highest BCUT2D eigenvalue weighted by Crippen LogP contribution is 2.35. The molecule has 29 heavy (non-hydrogen) atoms. The fourth-order valence-corrected chi connectivity index (χ4v) is 3.63. The van der Waals surface area contributed by atoms with Crippen LogP contribution in [0.25, 0.3) is 16.9 Å².